The highest BCUT2D eigenvalue weighted by Gasteiger charge is 2.19. The smallest absolute Gasteiger partial charge is 0.142 e. The first-order valence-corrected chi connectivity index (χ1v) is 6.91. The summed E-state index contributed by atoms with van der Waals surface area (Å²) in [6.07, 6.45) is 4.01. The molecule has 1 aromatic carbocycles. The van der Waals surface area contributed by atoms with E-state index < -0.39 is 0 Å². The van der Waals surface area contributed by atoms with Gasteiger partial charge in [0.05, 0.1) is 19.9 Å². The van der Waals surface area contributed by atoms with Crippen LogP contribution in [-0.2, 0) is 6.42 Å². The van der Waals surface area contributed by atoms with Crippen LogP contribution in [0.4, 0.5) is 5.69 Å². The molecule has 1 aliphatic heterocycles. The average Bonchev–Trinajstić information content (AvgIpc) is 2.98. The number of benzene rings is 1. The van der Waals surface area contributed by atoms with Crippen LogP contribution in [0.2, 0.25) is 0 Å². The molecule has 1 saturated heterocycles. The van der Waals surface area contributed by atoms with Crippen LogP contribution in [0.15, 0.2) is 12.1 Å². The van der Waals surface area contributed by atoms with E-state index in [1.807, 2.05) is 6.07 Å². The van der Waals surface area contributed by atoms with Crippen molar-refractivity contribution in [3.05, 3.63) is 17.7 Å². The van der Waals surface area contributed by atoms with E-state index in [1.54, 1.807) is 14.2 Å². The van der Waals surface area contributed by atoms with Crippen LogP contribution in [0.1, 0.15) is 24.8 Å². The normalized spacial score (nSPS) is 14.8. The number of anilines is 1. The van der Waals surface area contributed by atoms with Gasteiger partial charge in [-0.25, -0.2) is 0 Å². The molecule has 0 atom stereocenters. The molecule has 19 heavy (non-hydrogen) atoms. The van der Waals surface area contributed by atoms with Gasteiger partial charge in [-0.2, -0.15) is 0 Å². The molecule has 0 bridgehead atoms. The molecule has 0 spiro atoms. The van der Waals surface area contributed by atoms with Gasteiger partial charge in [-0.1, -0.05) is 0 Å². The molecule has 1 N–H and O–H groups in total. The standard InChI is InChI=1S/C15H23NO3/c1-18-14-11-13(16-7-3-4-8-16)15(19-2)10-12(14)6-5-9-17/h10-11,17H,3-9H2,1-2H3. The van der Waals surface area contributed by atoms with Gasteiger partial charge in [0.1, 0.15) is 11.5 Å². The molecular formula is C15H23NO3. The molecule has 4 nitrogen and oxygen atoms in total. The summed E-state index contributed by atoms with van der Waals surface area (Å²) >= 11 is 0. The van der Waals surface area contributed by atoms with Gasteiger partial charge in [0, 0.05) is 25.8 Å². The summed E-state index contributed by atoms with van der Waals surface area (Å²) in [6.45, 7) is 2.35. The molecule has 0 aromatic heterocycles. The molecule has 4 heteroatoms. The van der Waals surface area contributed by atoms with E-state index in [0.29, 0.717) is 0 Å². The largest absolute Gasteiger partial charge is 0.496 e. The van der Waals surface area contributed by atoms with Crippen LogP contribution in [0.25, 0.3) is 0 Å². The second-order valence-corrected chi connectivity index (χ2v) is 4.86. The number of methoxy groups -OCH3 is 2. The zero-order chi connectivity index (χ0) is 13.7. The minimum atomic E-state index is 0.194. The van der Waals surface area contributed by atoms with Crippen molar-refractivity contribution in [3.63, 3.8) is 0 Å². The first-order valence-electron chi connectivity index (χ1n) is 6.91. The maximum Gasteiger partial charge on any atom is 0.142 e. The third-order valence-corrected chi connectivity index (χ3v) is 3.63. The Morgan fingerprint density at radius 1 is 1.11 bits per heavy atom. The van der Waals surface area contributed by atoms with Crippen molar-refractivity contribution >= 4 is 5.69 Å². The van der Waals surface area contributed by atoms with Crippen molar-refractivity contribution in [2.24, 2.45) is 0 Å². The molecule has 106 valence electrons. The summed E-state index contributed by atoms with van der Waals surface area (Å²) in [5.74, 6) is 1.78. The molecule has 0 unspecified atom stereocenters. The van der Waals surface area contributed by atoms with Crippen LogP contribution in [0, 0.1) is 0 Å². The second-order valence-electron chi connectivity index (χ2n) is 4.86. The van der Waals surface area contributed by atoms with Gasteiger partial charge in [0.2, 0.25) is 0 Å². The summed E-state index contributed by atoms with van der Waals surface area (Å²) < 4.78 is 11.0. The Labute approximate surface area is 114 Å². The molecule has 1 heterocycles. The predicted octanol–water partition coefficient (Wildman–Crippen LogP) is 2.23. The fourth-order valence-electron chi connectivity index (χ4n) is 2.61. The number of nitrogens with zero attached hydrogens (tertiary/aromatic N) is 1. The summed E-state index contributed by atoms with van der Waals surface area (Å²) in [5, 5.41) is 8.96. The zero-order valence-electron chi connectivity index (χ0n) is 11.8. The number of aryl methyl sites for hydroxylation is 1. The zero-order valence-corrected chi connectivity index (χ0v) is 11.8. The topological polar surface area (TPSA) is 41.9 Å². The summed E-state index contributed by atoms with van der Waals surface area (Å²) in [4.78, 5) is 2.34. The van der Waals surface area contributed by atoms with E-state index in [-0.39, 0.29) is 6.61 Å². The number of hydrogen-bond acceptors (Lipinski definition) is 4. The van der Waals surface area contributed by atoms with Gasteiger partial charge >= 0.3 is 0 Å². The van der Waals surface area contributed by atoms with Gasteiger partial charge < -0.3 is 19.5 Å². The summed E-state index contributed by atoms with van der Waals surface area (Å²) in [6, 6.07) is 4.11. The monoisotopic (exact) mass is 265 g/mol. The molecule has 0 amide bonds. The molecule has 0 radical (unpaired) electrons. The molecule has 2 rings (SSSR count). The Balaban J connectivity index is 2.32. The fourth-order valence-corrected chi connectivity index (χ4v) is 2.61. The minimum Gasteiger partial charge on any atom is -0.496 e. The van der Waals surface area contributed by atoms with Crippen molar-refractivity contribution in [2.45, 2.75) is 25.7 Å². The highest BCUT2D eigenvalue weighted by Crippen LogP contribution is 2.37. The SMILES string of the molecule is COc1cc(N2CCCC2)c(OC)cc1CCCO. The Bertz CT molecular complexity index is 414. The number of aliphatic hydroxyl groups is 1. The first kappa shape index (κ1) is 14.0. The first-order chi connectivity index (χ1) is 9.30. The van der Waals surface area contributed by atoms with E-state index in [2.05, 4.69) is 11.0 Å². The summed E-state index contributed by atoms with van der Waals surface area (Å²) in [7, 11) is 3.40. The molecular weight excluding hydrogens is 242 g/mol. The van der Waals surface area contributed by atoms with E-state index in [4.69, 9.17) is 14.6 Å². The molecule has 0 aliphatic carbocycles. The Morgan fingerprint density at radius 3 is 2.37 bits per heavy atom. The Morgan fingerprint density at radius 2 is 1.79 bits per heavy atom. The third kappa shape index (κ3) is 3.13. The quantitative estimate of drug-likeness (QED) is 0.856. The van der Waals surface area contributed by atoms with E-state index >= 15 is 0 Å². The third-order valence-electron chi connectivity index (χ3n) is 3.63. The number of aliphatic hydroxyl groups excluding tert-OH is 1. The van der Waals surface area contributed by atoms with Crippen molar-refractivity contribution in [2.75, 3.05) is 38.8 Å². The van der Waals surface area contributed by atoms with Crippen LogP contribution in [-0.4, -0.2) is 39.0 Å². The fraction of sp³-hybridized carbons (Fsp3) is 0.600. The lowest BCUT2D eigenvalue weighted by Gasteiger charge is -2.22. The molecule has 1 aliphatic rings. The Kier molecular flexibility index (Phi) is 4.91. The Hall–Kier alpha value is -1.42. The van der Waals surface area contributed by atoms with Crippen LogP contribution in [0.5, 0.6) is 11.5 Å². The molecule has 0 saturated carbocycles. The highest BCUT2D eigenvalue weighted by molar-refractivity contribution is 5.64. The van der Waals surface area contributed by atoms with E-state index in [1.165, 1.54) is 12.8 Å². The second kappa shape index (κ2) is 6.66. The molecule has 1 aromatic rings. The van der Waals surface area contributed by atoms with Gasteiger partial charge in [-0.05, 0) is 37.3 Å². The van der Waals surface area contributed by atoms with E-state index in [9.17, 15) is 0 Å². The maximum absolute atomic E-state index is 8.96. The number of ether oxygens (including phenoxy) is 2. The lowest BCUT2D eigenvalue weighted by atomic mass is 10.1. The maximum atomic E-state index is 8.96. The molecule has 1 fully saturated rings. The van der Waals surface area contributed by atoms with Crippen molar-refractivity contribution < 1.29 is 14.6 Å². The average molecular weight is 265 g/mol. The van der Waals surface area contributed by atoms with Crippen molar-refractivity contribution in [3.8, 4) is 11.5 Å². The van der Waals surface area contributed by atoms with Crippen LogP contribution in [0.3, 0.4) is 0 Å². The number of rotatable bonds is 6. The predicted molar refractivity (Wildman–Crippen MR) is 76.4 cm³/mol. The van der Waals surface area contributed by atoms with Gasteiger partial charge in [-0.3, -0.25) is 0 Å². The van der Waals surface area contributed by atoms with Gasteiger partial charge in [-0.15, -0.1) is 0 Å². The van der Waals surface area contributed by atoms with Gasteiger partial charge in [0.25, 0.3) is 0 Å². The van der Waals surface area contributed by atoms with Crippen molar-refractivity contribution in [1.82, 2.24) is 0 Å². The van der Waals surface area contributed by atoms with Crippen molar-refractivity contribution in [1.29, 1.82) is 0 Å². The minimum absolute atomic E-state index is 0.194. The lowest BCUT2D eigenvalue weighted by molar-refractivity contribution is 0.287. The van der Waals surface area contributed by atoms with Gasteiger partial charge in [0.15, 0.2) is 0 Å². The van der Waals surface area contributed by atoms with E-state index in [0.717, 1.165) is 48.7 Å². The summed E-state index contributed by atoms with van der Waals surface area (Å²) in [5.41, 5.74) is 2.21. The number of hydrogen-bond donors (Lipinski definition) is 1. The lowest BCUT2D eigenvalue weighted by Crippen LogP contribution is -2.18. The van der Waals surface area contributed by atoms with Crippen LogP contribution >= 0.6 is 0 Å². The van der Waals surface area contributed by atoms with Crippen LogP contribution < -0.4 is 14.4 Å². The highest BCUT2D eigenvalue weighted by atomic mass is 16.5.